The van der Waals surface area contributed by atoms with Crippen LogP contribution in [-0.4, -0.2) is 26.3 Å². The van der Waals surface area contributed by atoms with Gasteiger partial charge in [-0.1, -0.05) is 11.6 Å². The first-order chi connectivity index (χ1) is 13.9. The van der Waals surface area contributed by atoms with Crippen molar-refractivity contribution in [3.63, 3.8) is 0 Å². The topological polar surface area (TPSA) is 123 Å². The molecule has 0 spiro atoms. The number of halogens is 1. The molecule has 0 bridgehead atoms. The zero-order valence-electron chi connectivity index (χ0n) is 14.7. The fourth-order valence-corrected chi connectivity index (χ4v) is 3.55. The van der Waals surface area contributed by atoms with Crippen LogP contribution < -0.4 is 16.6 Å². The van der Waals surface area contributed by atoms with Crippen LogP contribution in [0.1, 0.15) is 20.7 Å². The number of pyridine rings is 1. The van der Waals surface area contributed by atoms with E-state index in [0.717, 1.165) is 11.6 Å². The molecule has 0 saturated carbocycles. The van der Waals surface area contributed by atoms with Gasteiger partial charge < -0.3 is 10.7 Å². The van der Waals surface area contributed by atoms with Gasteiger partial charge in [0, 0.05) is 16.7 Å². The number of carbonyl (C=O) groups excluding carboxylic acids is 2. The lowest BCUT2D eigenvalue weighted by Gasteiger charge is -2.11. The van der Waals surface area contributed by atoms with Gasteiger partial charge in [-0.2, -0.15) is 0 Å². The van der Waals surface area contributed by atoms with Crippen LogP contribution in [0.15, 0.2) is 53.3 Å². The number of nitrogens with one attached hydrogen (secondary N) is 2. The molecule has 4 aromatic rings. The number of carbonyl (C=O) groups is 2. The van der Waals surface area contributed by atoms with Crippen molar-refractivity contribution in [1.29, 1.82) is 0 Å². The van der Waals surface area contributed by atoms with Gasteiger partial charge in [-0.05, 0) is 42.5 Å². The second-order valence-corrected chi connectivity index (χ2v) is 7.01. The Morgan fingerprint density at radius 3 is 2.48 bits per heavy atom. The van der Waals surface area contributed by atoms with Crippen molar-refractivity contribution in [3.05, 3.63) is 75.0 Å². The van der Waals surface area contributed by atoms with Crippen LogP contribution in [0.2, 0.25) is 5.02 Å². The third kappa shape index (κ3) is 2.61. The van der Waals surface area contributed by atoms with E-state index in [0.29, 0.717) is 27.6 Å². The average Bonchev–Trinajstić information content (AvgIpc) is 3.23. The Bertz CT molecular complexity index is 1400. The molecule has 29 heavy (non-hydrogen) atoms. The monoisotopic (exact) mass is 405 g/mol. The maximum atomic E-state index is 12.6. The highest BCUT2D eigenvalue weighted by Crippen LogP contribution is 2.26. The number of imidazole rings is 1. The molecule has 0 fully saturated rings. The Labute approximate surface area is 167 Å². The van der Waals surface area contributed by atoms with E-state index < -0.39 is 17.4 Å². The molecular formula is C20H12ClN5O3. The number of nitrogens with two attached hydrogens (primary N) is 1. The molecule has 2 aromatic carbocycles. The number of imide groups is 1. The van der Waals surface area contributed by atoms with Crippen molar-refractivity contribution < 1.29 is 9.59 Å². The summed E-state index contributed by atoms with van der Waals surface area (Å²) in [5.41, 5.74) is 8.24. The molecule has 9 heteroatoms. The number of anilines is 1. The van der Waals surface area contributed by atoms with Crippen molar-refractivity contribution in [2.45, 2.75) is 0 Å². The number of H-pyrrole nitrogens is 1. The number of rotatable bonds is 2. The smallest absolute Gasteiger partial charge is 0.262 e. The number of nitrogen functional groups attached to an aromatic ring is 1. The lowest BCUT2D eigenvalue weighted by Crippen LogP contribution is -2.24. The minimum Gasteiger partial charge on any atom is -0.384 e. The Kier molecular flexibility index (Phi) is 3.59. The van der Waals surface area contributed by atoms with E-state index >= 15 is 0 Å². The maximum Gasteiger partial charge on any atom is 0.262 e. The van der Waals surface area contributed by atoms with Crippen molar-refractivity contribution >= 4 is 40.3 Å². The third-order valence-corrected chi connectivity index (χ3v) is 5.05. The lowest BCUT2D eigenvalue weighted by atomic mass is 10.1. The second-order valence-electron chi connectivity index (χ2n) is 6.57. The maximum absolute atomic E-state index is 12.6. The van der Waals surface area contributed by atoms with E-state index in [2.05, 4.69) is 15.3 Å². The number of fused-ring (bicyclic) bond motifs is 2. The Morgan fingerprint density at radius 2 is 1.72 bits per heavy atom. The normalized spacial score (nSPS) is 13.0. The van der Waals surface area contributed by atoms with Gasteiger partial charge in [0.2, 0.25) is 0 Å². The van der Waals surface area contributed by atoms with Crippen LogP contribution in [0.4, 0.5) is 5.82 Å². The number of hydrogen-bond donors (Lipinski definition) is 3. The molecule has 0 atom stereocenters. The third-order valence-electron chi connectivity index (χ3n) is 4.79. The van der Waals surface area contributed by atoms with Crippen LogP contribution >= 0.6 is 11.6 Å². The van der Waals surface area contributed by atoms with E-state index in [1.165, 1.54) is 4.57 Å². The number of hydrogen-bond acceptors (Lipinski definition) is 5. The molecule has 8 nitrogen and oxygen atoms in total. The summed E-state index contributed by atoms with van der Waals surface area (Å²) < 4.78 is 1.19. The number of amides is 2. The molecular weight excluding hydrogens is 394 g/mol. The zero-order valence-corrected chi connectivity index (χ0v) is 15.4. The summed E-state index contributed by atoms with van der Waals surface area (Å²) >= 11 is 5.93. The molecule has 0 unspecified atom stereocenters. The minimum absolute atomic E-state index is 0.00107. The Morgan fingerprint density at radius 1 is 0.966 bits per heavy atom. The summed E-state index contributed by atoms with van der Waals surface area (Å²) in [6, 6.07) is 13.5. The largest absolute Gasteiger partial charge is 0.384 e. The predicted molar refractivity (Wildman–Crippen MR) is 108 cm³/mol. The molecule has 0 radical (unpaired) electrons. The van der Waals surface area contributed by atoms with Crippen molar-refractivity contribution in [3.8, 4) is 17.1 Å². The highest BCUT2D eigenvalue weighted by atomic mass is 35.5. The van der Waals surface area contributed by atoms with Crippen LogP contribution in [0, 0.1) is 0 Å². The van der Waals surface area contributed by atoms with Gasteiger partial charge in [0.05, 0.1) is 27.8 Å². The van der Waals surface area contributed by atoms with Gasteiger partial charge in [-0.15, -0.1) is 0 Å². The number of benzene rings is 2. The van der Waals surface area contributed by atoms with E-state index in [1.54, 1.807) is 30.3 Å². The van der Waals surface area contributed by atoms with Crippen molar-refractivity contribution in [1.82, 2.24) is 19.9 Å². The standard InChI is InChI=1S/C20H12ClN5O3/c21-10-3-1-9(2-4-10)18-23-13-6-5-11(7-14(13)24-18)26-15(27)8-12-16(17(26)22)20(29)25-19(12)28/h1-8H,22H2,(H,23,24)(H,25,28,29). The van der Waals surface area contributed by atoms with Gasteiger partial charge in [-0.25, -0.2) is 4.98 Å². The van der Waals surface area contributed by atoms with Gasteiger partial charge in [0.1, 0.15) is 11.6 Å². The first-order valence-electron chi connectivity index (χ1n) is 8.59. The first-order valence-corrected chi connectivity index (χ1v) is 8.97. The molecule has 4 N–H and O–H groups in total. The zero-order chi connectivity index (χ0) is 20.3. The van der Waals surface area contributed by atoms with Gasteiger partial charge >= 0.3 is 0 Å². The molecule has 2 aromatic heterocycles. The molecule has 0 aliphatic carbocycles. The molecule has 1 aliphatic rings. The summed E-state index contributed by atoms with van der Waals surface area (Å²) in [5, 5.41) is 2.77. The van der Waals surface area contributed by atoms with Crippen molar-refractivity contribution in [2.75, 3.05) is 5.73 Å². The van der Waals surface area contributed by atoms with Crippen LogP contribution in [0.25, 0.3) is 28.1 Å². The highest BCUT2D eigenvalue weighted by Gasteiger charge is 2.31. The number of aromatic amines is 1. The minimum atomic E-state index is -0.627. The molecule has 142 valence electrons. The quantitative estimate of drug-likeness (QED) is 0.442. The fourth-order valence-electron chi connectivity index (χ4n) is 3.43. The molecule has 2 amide bonds. The van der Waals surface area contributed by atoms with E-state index in [9.17, 15) is 14.4 Å². The second kappa shape index (κ2) is 6.05. The molecule has 5 rings (SSSR count). The summed E-state index contributed by atoms with van der Waals surface area (Å²) in [6.07, 6.45) is 0. The first kappa shape index (κ1) is 17.2. The van der Waals surface area contributed by atoms with E-state index in [-0.39, 0.29) is 16.9 Å². The Hall–Kier alpha value is -3.91. The molecule has 1 aliphatic heterocycles. The molecule has 0 saturated heterocycles. The van der Waals surface area contributed by atoms with Gasteiger partial charge in [-0.3, -0.25) is 24.3 Å². The summed E-state index contributed by atoms with van der Waals surface area (Å²) in [6.45, 7) is 0. The number of aromatic nitrogens is 3. The van der Waals surface area contributed by atoms with Crippen LogP contribution in [0.3, 0.4) is 0 Å². The van der Waals surface area contributed by atoms with Gasteiger partial charge in [0.15, 0.2) is 0 Å². The summed E-state index contributed by atoms with van der Waals surface area (Å²) in [7, 11) is 0. The van der Waals surface area contributed by atoms with Crippen molar-refractivity contribution in [2.24, 2.45) is 0 Å². The Balaban J connectivity index is 1.66. The van der Waals surface area contributed by atoms with Crippen LogP contribution in [0.5, 0.6) is 0 Å². The highest BCUT2D eigenvalue weighted by molar-refractivity contribution is 6.30. The number of nitrogens with zero attached hydrogens (tertiary/aromatic N) is 2. The van der Waals surface area contributed by atoms with Crippen LogP contribution in [-0.2, 0) is 0 Å². The molecule has 3 heterocycles. The SMILES string of the molecule is Nc1c2c(cc(=O)n1-c1ccc3nc(-c4ccc(Cl)cc4)[nH]c3c1)C(=O)NC2=O. The van der Waals surface area contributed by atoms with Gasteiger partial charge in [0.25, 0.3) is 17.4 Å². The van der Waals surface area contributed by atoms with E-state index in [1.807, 2.05) is 12.1 Å². The van der Waals surface area contributed by atoms with E-state index in [4.69, 9.17) is 17.3 Å². The predicted octanol–water partition coefficient (Wildman–Crippen LogP) is 2.50. The lowest BCUT2D eigenvalue weighted by molar-refractivity contribution is 0.0880. The average molecular weight is 406 g/mol. The fraction of sp³-hybridized carbons (Fsp3) is 0. The summed E-state index contributed by atoms with van der Waals surface area (Å²) in [4.78, 5) is 44.2. The summed E-state index contributed by atoms with van der Waals surface area (Å²) in [5.74, 6) is -0.692.